The van der Waals surface area contributed by atoms with Crippen molar-refractivity contribution in [2.45, 2.75) is 25.5 Å². The molecule has 2 heterocycles. The quantitative estimate of drug-likeness (QED) is 0.400. The molecule has 0 radical (unpaired) electrons. The molecule has 0 aliphatic carbocycles. The van der Waals surface area contributed by atoms with Gasteiger partial charge >= 0.3 is 12.5 Å². The number of carbonyl (C=O) groups excluding carboxylic acids is 3. The first-order valence-electron chi connectivity index (χ1n) is 12.9. The minimum Gasteiger partial charge on any atom is -0.483 e. The van der Waals surface area contributed by atoms with Crippen molar-refractivity contribution in [3.63, 3.8) is 0 Å². The zero-order valence-electron chi connectivity index (χ0n) is 22.4. The molecule has 14 heteroatoms. The topological polar surface area (TPSA) is 88.2 Å². The summed E-state index contributed by atoms with van der Waals surface area (Å²) < 4.78 is 86.4. The Kier molecular flexibility index (Phi) is 7.71. The zero-order chi connectivity index (χ0) is 31.1. The lowest BCUT2D eigenvalue weighted by atomic mass is 9.99. The van der Waals surface area contributed by atoms with E-state index in [0.717, 1.165) is 24.3 Å². The lowest BCUT2D eigenvalue weighted by Gasteiger charge is -2.39. The molecule has 3 aromatic carbocycles. The van der Waals surface area contributed by atoms with Crippen LogP contribution in [0.1, 0.15) is 21.5 Å². The molecule has 5 rings (SSSR count). The molecule has 8 nitrogen and oxygen atoms in total. The van der Waals surface area contributed by atoms with Gasteiger partial charge in [0.2, 0.25) is 5.91 Å². The summed E-state index contributed by atoms with van der Waals surface area (Å²) in [5.74, 6) is -1.85. The maximum absolute atomic E-state index is 13.5. The monoisotopic (exact) mass is 607 g/mol. The van der Waals surface area contributed by atoms with E-state index in [0.29, 0.717) is 11.1 Å². The number of anilines is 1. The van der Waals surface area contributed by atoms with Crippen LogP contribution in [0.25, 0.3) is 11.1 Å². The van der Waals surface area contributed by atoms with Gasteiger partial charge in [0.25, 0.3) is 11.8 Å². The summed E-state index contributed by atoms with van der Waals surface area (Å²) in [5.41, 5.74) is 0.343. The number of benzene rings is 3. The Morgan fingerprint density at radius 3 is 2.40 bits per heavy atom. The molecule has 2 aliphatic heterocycles. The molecule has 3 aromatic rings. The summed E-state index contributed by atoms with van der Waals surface area (Å²) in [6.45, 7) is 0.935. The summed E-state index contributed by atoms with van der Waals surface area (Å²) in [5, 5.41) is 2.67. The van der Waals surface area contributed by atoms with E-state index in [1.165, 1.54) is 53.1 Å². The Labute approximate surface area is 240 Å². The normalized spacial score (nSPS) is 17.0. The highest BCUT2D eigenvalue weighted by Crippen LogP contribution is 2.35. The van der Waals surface area contributed by atoms with Gasteiger partial charge in [-0.3, -0.25) is 14.4 Å². The van der Waals surface area contributed by atoms with Crippen LogP contribution in [0.5, 0.6) is 11.5 Å². The van der Waals surface area contributed by atoms with E-state index < -0.39 is 54.2 Å². The number of halogens is 6. The fraction of sp³-hybridized carbons (Fsp3) is 0.276. The van der Waals surface area contributed by atoms with Crippen molar-refractivity contribution in [3.05, 3.63) is 77.4 Å². The van der Waals surface area contributed by atoms with Crippen molar-refractivity contribution in [1.29, 1.82) is 0 Å². The van der Waals surface area contributed by atoms with Crippen molar-refractivity contribution in [2.24, 2.45) is 0 Å². The number of ether oxygens (including phenoxy) is 2. The van der Waals surface area contributed by atoms with Crippen molar-refractivity contribution in [1.82, 2.24) is 9.80 Å². The number of rotatable bonds is 5. The smallest absolute Gasteiger partial charge is 0.483 e. The molecule has 0 bridgehead atoms. The number of nitrogens with one attached hydrogen (secondary N) is 1. The van der Waals surface area contributed by atoms with Gasteiger partial charge in [0.1, 0.15) is 17.5 Å². The molecule has 0 spiro atoms. The van der Waals surface area contributed by atoms with E-state index in [4.69, 9.17) is 4.74 Å². The molecular weight excluding hydrogens is 584 g/mol. The number of nitrogens with zero attached hydrogens (tertiary/aromatic N) is 2. The molecule has 0 saturated carbocycles. The largest absolute Gasteiger partial charge is 0.573 e. The molecule has 1 N–H and O–H groups in total. The number of carbonyl (C=O) groups is 3. The Bertz CT molecular complexity index is 1590. The first-order valence-corrected chi connectivity index (χ1v) is 12.9. The van der Waals surface area contributed by atoms with Gasteiger partial charge in [-0.2, -0.15) is 13.2 Å². The number of amides is 3. The van der Waals surface area contributed by atoms with Gasteiger partial charge < -0.3 is 24.6 Å². The molecule has 43 heavy (non-hydrogen) atoms. The third-order valence-electron chi connectivity index (χ3n) is 7.06. The highest BCUT2D eigenvalue weighted by atomic mass is 19.4. The van der Waals surface area contributed by atoms with Crippen LogP contribution in [0.2, 0.25) is 0 Å². The lowest BCUT2D eigenvalue weighted by Crippen LogP contribution is -2.60. The van der Waals surface area contributed by atoms with Gasteiger partial charge in [0, 0.05) is 13.1 Å². The highest BCUT2D eigenvalue weighted by molar-refractivity contribution is 6.10. The number of aryl methyl sites for hydroxylation is 1. The zero-order valence-corrected chi connectivity index (χ0v) is 22.4. The van der Waals surface area contributed by atoms with Gasteiger partial charge in [-0.1, -0.05) is 18.2 Å². The summed E-state index contributed by atoms with van der Waals surface area (Å²) in [4.78, 5) is 42.2. The highest BCUT2D eigenvalue weighted by Gasteiger charge is 2.40. The SMILES string of the molecule is Cc1cc(OC(F)(F)F)ccc1OCC(=O)N1CCN2C(=O)c3cc(-c4cccc(C(F)(F)F)c4)ccc3NC(=O)C2C1. The van der Waals surface area contributed by atoms with Crippen molar-refractivity contribution in [2.75, 3.05) is 31.6 Å². The third-order valence-corrected chi connectivity index (χ3v) is 7.06. The lowest BCUT2D eigenvalue weighted by molar-refractivity contribution is -0.274. The maximum atomic E-state index is 13.5. The molecule has 1 atom stereocenters. The predicted molar refractivity (Wildman–Crippen MR) is 140 cm³/mol. The molecule has 226 valence electrons. The molecule has 1 saturated heterocycles. The van der Waals surface area contributed by atoms with E-state index in [1.54, 1.807) is 0 Å². The average Bonchev–Trinajstić information content (AvgIpc) is 3.04. The number of alkyl halides is 6. The van der Waals surface area contributed by atoms with Crippen LogP contribution in [0.4, 0.5) is 32.0 Å². The van der Waals surface area contributed by atoms with E-state index in [9.17, 15) is 40.7 Å². The Morgan fingerprint density at radius 2 is 1.70 bits per heavy atom. The molecule has 1 fully saturated rings. The van der Waals surface area contributed by atoms with E-state index in [1.807, 2.05) is 0 Å². The fourth-order valence-electron chi connectivity index (χ4n) is 4.94. The third kappa shape index (κ3) is 6.52. The Hall–Kier alpha value is -4.75. The fourth-order valence-corrected chi connectivity index (χ4v) is 4.94. The Morgan fingerprint density at radius 1 is 0.953 bits per heavy atom. The van der Waals surface area contributed by atoms with E-state index in [-0.39, 0.29) is 42.2 Å². The van der Waals surface area contributed by atoms with Gasteiger partial charge in [0.15, 0.2) is 6.61 Å². The second-order valence-corrected chi connectivity index (χ2v) is 9.95. The van der Waals surface area contributed by atoms with Crippen LogP contribution in [0, 0.1) is 6.92 Å². The first kappa shape index (κ1) is 29.7. The molecule has 3 amide bonds. The van der Waals surface area contributed by atoms with Crippen LogP contribution in [-0.2, 0) is 15.8 Å². The minimum atomic E-state index is -4.86. The van der Waals surface area contributed by atoms with Crippen LogP contribution < -0.4 is 14.8 Å². The molecule has 1 unspecified atom stereocenters. The second kappa shape index (κ2) is 11.2. The van der Waals surface area contributed by atoms with Crippen LogP contribution >= 0.6 is 0 Å². The van der Waals surface area contributed by atoms with Crippen LogP contribution in [-0.4, -0.2) is 66.2 Å². The van der Waals surface area contributed by atoms with Gasteiger partial charge in [-0.05, 0) is 66.1 Å². The minimum absolute atomic E-state index is 0.00159. The van der Waals surface area contributed by atoms with Crippen LogP contribution in [0.15, 0.2) is 60.7 Å². The van der Waals surface area contributed by atoms with Gasteiger partial charge in [-0.15, -0.1) is 13.2 Å². The van der Waals surface area contributed by atoms with Gasteiger partial charge in [-0.25, -0.2) is 0 Å². The number of fused-ring (bicyclic) bond motifs is 2. The first-order chi connectivity index (χ1) is 20.2. The second-order valence-electron chi connectivity index (χ2n) is 9.95. The van der Waals surface area contributed by atoms with E-state index >= 15 is 0 Å². The number of piperazine rings is 1. The number of hydrogen-bond donors (Lipinski definition) is 1. The van der Waals surface area contributed by atoms with Crippen molar-refractivity contribution >= 4 is 23.4 Å². The summed E-state index contributed by atoms with van der Waals surface area (Å²) in [7, 11) is 0. The molecular formula is C29H23F6N3O5. The molecule has 0 aromatic heterocycles. The average molecular weight is 608 g/mol. The van der Waals surface area contributed by atoms with E-state index in [2.05, 4.69) is 10.1 Å². The number of hydrogen-bond acceptors (Lipinski definition) is 5. The standard InChI is InChI=1S/C29H23F6N3O5/c1-16-11-20(43-29(33,34)35)6-8-24(16)42-15-25(39)37-9-10-38-23(14-37)26(40)36-22-7-5-18(13-21(22)27(38)41)17-3-2-4-19(12-17)28(30,31)32/h2-8,11-13,23H,9-10,14-15H2,1H3,(H,36,40). The summed E-state index contributed by atoms with van der Waals surface area (Å²) >= 11 is 0. The summed E-state index contributed by atoms with van der Waals surface area (Å²) in [6, 6.07) is 11.4. The van der Waals surface area contributed by atoms with Crippen molar-refractivity contribution < 1.29 is 50.2 Å². The molecule has 2 aliphatic rings. The maximum Gasteiger partial charge on any atom is 0.573 e. The van der Waals surface area contributed by atoms with Crippen LogP contribution in [0.3, 0.4) is 0 Å². The predicted octanol–water partition coefficient (Wildman–Crippen LogP) is 5.26. The Balaban J connectivity index is 1.27. The van der Waals surface area contributed by atoms with Crippen molar-refractivity contribution in [3.8, 4) is 22.6 Å². The van der Waals surface area contributed by atoms with Gasteiger partial charge in [0.05, 0.1) is 23.4 Å². The summed E-state index contributed by atoms with van der Waals surface area (Å²) in [6.07, 6.45) is -9.40.